The highest BCUT2D eigenvalue weighted by molar-refractivity contribution is 6.33. The summed E-state index contributed by atoms with van der Waals surface area (Å²) in [5.41, 5.74) is 4.16. The zero-order valence-corrected chi connectivity index (χ0v) is 16.3. The van der Waals surface area contributed by atoms with Crippen LogP contribution in [0.1, 0.15) is 16.7 Å². The largest absolute Gasteiger partial charge is 0.497 e. The molecule has 0 aliphatic heterocycles. The number of aryl methyl sites for hydroxylation is 2. The number of ether oxygens (including phenoxy) is 1. The van der Waals surface area contributed by atoms with Crippen LogP contribution in [0.2, 0.25) is 5.02 Å². The number of aromatic nitrogens is 3. The SMILES string of the molecule is COc1cccc(CCNc2nncc(Nc3c(C)cc(C)cc3Cl)n2)c1. The molecule has 2 N–H and O–H groups in total. The average Bonchev–Trinajstić information content (AvgIpc) is 2.65. The van der Waals surface area contributed by atoms with E-state index >= 15 is 0 Å². The monoisotopic (exact) mass is 383 g/mol. The van der Waals surface area contributed by atoms with Gasteiger partial charge in [0.1, 0.15) is 5.75 Å². The fourth-order valence-electron chi connectivity index (χ4n) is 2.79. The summed E-state index contributed by atoms with van der Waals surface area (Å²) in [6, 6.07) is 12.0. The molecule has 0 saturated heterocycles. The Labute approximate surface area is 164 Å². The highest BCUT2D eigenvalue weighted by atomic mass is 35.5. The first-order valence-corrected chi connectivity index (χ1v) is 9.03. The third-order valence-electron chi connectivity index (χ3n) is 4.07. The van der Waals surface area contributed by atoms with E-state index in [4.69, 9.17) is 16.3 Å². The number of hydrogen-bond donors (Lipinski definition) is 2. The van der Waals surface area contributed by atoms with E-state index in [0.29, 0.717) is 23.3 Å². The summed E-state index contributed by atoms with van der Waals surface area (Å²) in [7, 11) is 1.66. The van der Waals surface area contributed by atoms with Crippen molar-refractivity contribution >= 4 is 29.1 Å². The zero-order chi connectivity index (χ0) is 19.2. The Bertz CT molecular complexity index is 909. The summed E-state index contributed by atoms with van der Waals surface area (Å²) < 4.78 is 5.24. The van der Waals surface area contributed by atoms with Crippen molar-refractivity contribution < 1.29 is 4.74 Å². The number of rotatable bonds is 7. The third kappa shape index (κ3) is 5.08. The summed E-state index contributed by atoms with van der Waals surface area (Å²) in [4.78, 5) is 4.46. The number of benzene rings is 2. The molecule has 1 aromatic heterocycles. The van der Waals surface area contributed by atoms with E-state index in [9.17, 15) is 0 Å². The topological polar surface area (TPSA) is 72.0 Å². The van der Waals surface area contributed by atoms with Crippen molar-refractivity contribution in [3.63, 3.8) is 0 Å². The molecule has 2 aromatic carbocycles. The number of methoxy groups -OCH3 is 1. The van der Waals surface area contributed by atoms with Gasteiger partial charge in [-0.05, 0) is 55.2 Å². The van der Waals surface area contributed by atoms with Gasteiger partial charge in [-0.2, -0.15) is 10.1 Å². The van der Waals surface area contributed by atoms with Crippen LogP contribution in [-0.2, 0) is 6.42 Å². The minimum Gasteiger partial charge on any atom is -0.497 e. The van der Waals surface area contributed by atoms with Crippen molar-refractivity contribution in [2.75, 3.05) is 24.3 Å². The Morgan fingerprint density at radius 1 is 1.15 bits per heavy atom. The number of nitrogens with zero attached hydrogens (tertiary/aromatic N) is 3. The number of hydrogen-bond acceptors (Lipinski definition) is 6. The fraction of sp³-hybridized carbons (Fsp3) is 0.250. The van der Waals surface area contributed by atoms with Gasteiger partial charge in [-0.1, -0.05) is 29.8 Å². The quantitative estimate of drug-likeness (QED) is 0.623. The van der Waals surface area contributed by atoms with E-state index in [2.05, 4.69) is 37.9 Å². The lowest BCUT2D eigenvalue weighted by Gasteiger charge is -2.12. The standard InChI is InChI=1S/C20H22ClN5O/c1-13-9-14(2)19(17(21)10-13)24-18-12-23-26-20(25-18)22-8-7-15-5-4-6-16(11-15)27-3/h4-6,9-12H,7-8H2,1-3H3,(H2,22,24,25,26). The molecule has 0 atom stereocenters. The zero-order valence-electron chi connectivity index (χ0n) is 15.6. The normalized spacial score (nSPS) is 10.5. The van der Waals surface area contributed by atoms with Crippen LogP contribution in [0.25, 0.3) is 0 Å². The van der Waals surface area contributed by atoms with Crippen molar-refractivity contribution in [3.8, 4) is 5.75 Å². The summed E-state index contributed by atoms with van der Waals surface area (Å²) >= 11 is 6.35. The van der Waals surface area contributed by atoms with Crippen LogP contribution >= 0.6 is 11.6 Å². The van der Waals surface area contributed by atoms with Crippen LogP contribution in [0.4, 0.5) is 17.5 Å². The van der Waals surface area contributed by atoms with Gasteiger partial charge in [-0.3, -0.25) is 0 Å². The van der Waals surface area contributed by atoms with Crippen LogP contribution in [0.5, 0.6) is 5.75 Å². The number of halogens is 1. The molecule has 0 unspecified atom stereocenters. The molecule has 0 amide bonds. The van der Waals surface area contributed by atoms with Crippen LogP contribution in [-0.4, -0.2) is 28.8 Å². The molecule has 0 fully saturated rings. The van der Waals surface area contributed by atoms with Gasteiger partial charge in [-0.15, -0.1) is 5.10 Å². The second-order valence-corrected chi connectivity index (χ2v) is 6.66. The molecular formula is C20H22ClN5O. The second kappa shape index (κ2) is 8.68. The van der Waals surface area contributed by atoms with E-state index in [1.807, 2.05) is 38.1 Å². The Kier molecular flexibility index (Phi) is 6.08. The van der Waals surface area contributed by atoms with E-state index in [1.54, 1.807) is 13.3 Å². The van der Waals surface area contributed by atoms with Crippen molar-refractivity contribution in [3.05, 3.63) is 64.3 Å². The van der Waals surface area contributed by atoms with Crippen LogP contribution < -0.4 is 15.4 Å². The van der Waals surface area contributed by atoms with Crippen molar-refractivity contribution in [1.82, 2.24) is 15.2 Å². The van der Waals surface area contributed by atoms with Gasteiger partial charge in [-0.25, -0.2) is 0 Å². The van der Waals surface area contributed by atoms with Crippen molar-refractivity contribution in [2.24, 2.45) is 0 Å². The molecule has 3 aromatic rings. The lowest BCUT2D eigenvalue weighted by molar-refractivity contribution is 0.414. The molecule has 0 spiro atoms. The highest BCUT2D eigenvalue weighted by Crippen LogP contribution is 2.29. The predicted molar refractivity (Wildman–Crippen MR) is 109 cm³/mol. The summed E-state index contributed by atoms with van der Waals surface area (Å²) in [5.74, 6) is 1.90. The maximum atomic E-state index is 6.35. The molecular weight excluding hydrogens is 362 g/mol. The molecule has 7 heteroatoms. The van der Waals surface area contributed by atoms with Gasteiger partial charge in [0.2, 0.25) is 5.95 Å². The molecule has 1 heterocycles. The smallest absolute Gasteiger partial charge is 0.244 e. The molecule has 3 rings (SSSR count). The Balaban J connectivity index is 1.64. The fourth-order valence-corrected chi connectivity index (χ4v) is 3.16. The molecule has 27 heavy (non-hydrogen) atoms. The van der Waals surface area contributed by atoms with Gasteiger partial charge in [0.05, 0.1) is 24.0 Å². The molecule has 0 aliphatic rings. The third-order valence-corrected chi connectivity index (χ3v) is 4.37. The van der Waals surface area contributed by atoms with Crippen molar-refractivity contribution in [2.45, 2.75) is 20.3 Å². The maximum Gasteiger partial charge on any atom is 0.244 e. The van der Waals surface area contributed by atoms with E-state index in [-0.39, 0.29) is 0 Å². The van der Waals surface area contributed by atoms with Crippen LogP contribution in [0.15, 0.2) is 42.6 Å². The first-order valence-electron chi connectivity index (χ1n) is 8.65. The molecule has 6 nitrogen and oxygen atoms in total. The summed E-state index contributed by atoms with van der Waals surface area (Å²) in [6.07, 6.45) is 2.39. The van der Waals surface area contributed by atoms with E-state index in [1.165, 1.54) is 5.56 Å². The van der Waals surface area contributed by atoms with Crippen LogP contribution in [0.3, 0.4) is 0 Å². The summed E-state index contributed by atoms with van der Waals surface area (Å²) in [6.45, 7) is 4.70. The lowest BCUT2D eigenvalue weighted by Crippen LogP contribution is -2.10. The predicted octanol–water partition coefficient (Wildman–Crippen LogP) is 4.55. The van der Waals surface area contributed by atoms with Gasteiger partial charge in [0.15, 0.2) is 5.82 Å². The Morgan fingerprint density at radius 3 is 2.78 bits per heavy atom. The Morgan fingerprint density at radius 2 is 2.00 bits per heavy atom. The highest BCUT2D eigenvalue weighted by Gasteiger charge is 2.08. The van der Waals surface area contributed by atoms with Gasteiger partial charge < -0.3 is 15.4 Å². The minimum atomic E-state index is 0.462. The number of anilines is 3. The number of nitrogens with one attached hydrogen (secondary N) is 2. The van der Waals surface area contributed by atoms with Crippen molar-refractivity contribution in [1.29, 1.82) is 0 Å². The molecule has 0 bridgehead atoms. The van der Waals surface area contributed by atoms with Crippen LogP contribution in [0, 0.1) is 13.8 Å². The second-order valence-electron chi connectivity index (χ2n) is 6.26. The molecule has 0 radical (unpaired) electrons. The Hall–Kier alpha value is -2.86. The van der Waals surface area contributed by atoms with Gasteiger partial charge in [0.25, 0.3) is 0 Å². The minimum absolute atomic E-state index is 0.462. The maximum absolute atomic E-state index is 6.35. The summed E-state index contributed by atoms with van der Waals surface area (Å²) in [5, 5.41) is 15.1. The van der Waals surface area contributed by atoms with E-state index in [0.717, 1.165) is 29.0 Å². The average molecular weight is 384 g/mol. The lowest BCUT2D eigenvalue weighted by atomic mass is 10.1. The van der Waals surface area contributed by atoms with Gasteiger partial charge in [0, 0.05) is 6.54 Å². The van der Waals surface area contributed by atoms with E-state index < -0.39 is 0 Å². The van der Waals surface area contributed by atoms with Gasteiger partial charge >= 0.3 is 0 Å². The molecule has 0 aliphatic carbocycles. The molecule has 140 valence electrons. The molecule has 0 saturated carbocycles. The first-order chi connectivity index (χ1) is 13.0. The first kappa shape index (κ1) is 18.9.